The van der Waals surface area contributed by atoms with Crippen molar-refractivity contribution in [3.63, 3.8) is 0 Å². The third-order valence-electron chi connectivity index (χ3n) is 5.26. The lowest BCUT2D eigenvalue weighted by molar-refractivity contribution is -0.132. The number of methoxy groups -OCH3 is 1. The molecule has 1 aliphatic heterocycles. The van der Waals surface area contributed by atoms with Gasteiger partial charge in [0.1, 0.15) is 5.75 Å². The van der Waals surface area contributed by atoms with Gasteiger partial charge in [-0.25, -0.2) is 0 Å². The molecule has 1 fully saturated rings. The Labute approximate surface area is 196 Å². The highest BCUT2D eigenvalue weighted by Gasteiger charge is 2.21. The summed E-state index contributed by atoms with van der Waals surface area (Å²) in [4.78, 5) is 28.7. The summed E-state index contributed by atoms with van der Waals surface area (Å²) in [6.45, 7) is 2.79. The second kappa shape index (κ2) is 10.9. The molecule has 0 aliphatic carbocycles. The van der Waals surface area contributed by atoms with Crippen LogP contribution in [0.5, 0.6) is 5.75 Å². The number of rotatable bonds is 8. The van der Waals surface area contributed by atoms with Gasteiger partial charge >= 0.3 is 0 Å². The first-order valence-electron chi connectivity index (χ1n) is 10.6. The number of hydrogen-bond acceptors (Lipinski definition) is 8. The summed E-state index contributed by atoms with van der Waals surface area (Å²) in [5, 5.41) is 10.9. The van der Waals surface area contributed by atoms with E-state index in [2.05, 4.69) is 32.5 Å². The van der Waals surface area contributed by atoms with Crippen molar-refractivity contribution in [3.05, 3.63) is 54.6 Å². The highest BCUT2D eigenvalue weighted by Crippen LogP contribution is 2.24. The molecule has 0 saturated carbocycles. The van der Waals surface area contributed by atoms with Crippen molar-refractivity contribution in [3.8, 4) is 17.2 Å². The van der Waals surface area contributed by atoms with E-state index in [1.54, 1.807) is 24.1 Å². The number of aromatic nitrogens is 2. The van der Waals surface area contributed by atoms with Crippen LogP contribution >= 0.6 is 11.8 Å². The summed E-state index contributed by atoms with van der Waals surface area (Å²) in [6, 6.07) is 17.4. The molecule has 1 saturated heterocycles. The van der Waals surface area contributed by atoms with Gasteiger partial charge in [0.05, 0.1) is 19.4 Å². The van der Waals surface area contributed by atoms with Crippen LogP contribution in [0.1, 0.15) is 0 Å². The largest absolute Gasteiger partial charge is 0.497 e. The number of carbonyl (C=O) groups excluding carboxylic acids is 2. The van der Waals surface area contributed by atoms with Crippen molar-refractivity contribution in [1.82, 2.24) is 20.4 Å². The summed E-state index contributed by atoms with van der Waals surface area (Å²) in [5.41, 5.74) is 1.92. The molecule has 2 heterocycles. The van der Waals surface area contributed by atoms with Gasteiger partial charge in [-0.3, -0.25) is 9.59 Å². The second-order valence-corrected chi connectivity index (χ2v) is 8.30. The van der Waals surface area contributed by atoms with Crippen molar-refractivity contribution < 1.29 is 18.7 Å². The SMILES string of the molecule is COc1ccc(-c2nnc(SCC(=O)NCC(=O)N3CCN(c4ccccc4)CC3)o2)cc1. The first kappa shape index (κ1) is 22.7. The zero-order valence-corrected chi connectivity index (χ0v) is 19.1. The molecule has 4 rings (SSSR count). The summed E-state index contributed by atoms with van der Waals surface area (Å²) in [7, 11) is 1.60. The van der Waals surface area contributed by atoms with Crippen LogP contribution in [0.15, 0.2) is 64.2 Å². The second-order valence-electron chi connectivity index (χ2n) is 7.37. The minimum absolute atomic E-state index is 0.0222. The van der Waals surface area contributed by atoms with Crippen molar-refractivity contribution in [2.24, 2.45) is 0 Å². The quantitative estimate of drug-likeness (QED) is 0.504. The number of anilines is 1. The molecule has 172 valence electrons. The molecule has 1 aliphatic rings. The number of hydrogen-bond donors (Lipinski definition) is 1. The fourth-order valence-electron chi connectivity index (χ4n) is 3.44. The molecule has 0 spiro atoms. The van der Waals surface area contributed by atoms with Crippen LogP contribution in [0.2, 0.25) is 0 Å². The Morgan fingerprint density at radius 1 is 1.03 bits per heavy atom. The van der Waals surface area contributed by atoms with E-state index in [0.29, 0.717) is 24.2 Å². The van der Waals surface area contributed by atoms with E-state index in [4.69, 9.17) is 9.15 Å². The van der Waals surface area contributed by atoms with Crippen molar-refractivity contribution in [2.45, 2.75) is 5.22 Å². The van der Waals surface area contributed by atoms with Gasteiger partial charge in [0, 0.05) is 37.4 Å². The van der Waals surface area contributed by atoms with Gasteiger partial charge in [0.2, 0.25) is 17.7 Å². The summed E-state index contributed by atoms with van der Waals surface area (Å²) in [6.07, 6.45) is 0. The van der Waals surface area contributed by atoms with Crippen LogP contribution in [-0.2, 0) is 9.59 Å². The van der Waals surface area contributed by atoms with Crippen molar-refractivity contribution >= 4 is 29.3 Å². The molecular weight excluding hydrogens is 442 g/mol. The number of nitrogens with one attached hydrogen (secondary N) is 1. The van der Waals surface area contributed by atoms with E-state index >= 15 is 0 Å². The Balaban J connectivity index is 1.18. The zero-order chi connectivity index (χ0) is 23.0. The maximum Gasteiger partial charge on any atom is 0.277 e. The third-order valence-corrected chi connectivity index (χ3v) is 6.08. The summed E-state index contributed by atoms with van der Waals surface area (Å²) >= 11 is 1.13. The van der Waals surface area contributed by atoms with Crippen LogP contribution in [0.4, 0.5) is 5.69 Å². The van der Waals surface area contributed by atoms with Crippen molar-refractivity contribution in [2.75, 3.05) is 50.5 Å². The van der Waals surface area contributed by atoms with Gasteiger partial charge in [0.25, 0.3) is 5.22 Å². The fourth-order valence-corrected chi connectivity index (χ4v) is 4.03. The maximum absolute atomic E-state index is 12.5. The van der Waals surface area contributed by atoms with Crippen LogP contribution in [0.3, 0.4) is 0 Å². The minimum atomic E-state index is -0.263. The smallest absolute Gasteiger partial charge is 0.277 e. The molecule has 0 radical (unpaired) electrons. The van der Waals surface area contributed by atoms with E-state index < -0.39 is 0 Å². The normalized spacial score (nSPS) is 13.6. The van der Waals surface area contributed by atoms with Gasteiger partial charge in [0.15, 0.2) is 0 Å². The Hall–Kier alpha value is -3.53. The van der Waals surface area contributed by atoms with Crippen LogP contribution < -0.4 is 15.0 Å². The lowest BCUT2D eigenvalue weighted by Gasteiger charge is -2.36. The molecule has 33 heavy (non-hydrogen) atoms. The van der Waals surface area contributed by atoms with Crippen LogP contribution in [0, 0.1) is 0 Å². The monoisotopic (exact) mass is 467 g/mol. The Morgan fingerprint density at radius 3 is 2.45 bits per heavy atom. The first-order chi connectivity index (χ1) is 16.1. The fraction of sp³-hybridized carbons (Fsp3) is 0.304. The topological polar surface area (TPSA) is 101 Å². The molecule has 0 atom stereocenters. The van der Waals surface area contributed by atoms with Crippen LogP contribution in [-0.4, -0.2) is 72.5 Å². The number of piperazine rings is 1. The molecular formula is C23H25N5O4S. The summed E-state index contributed by atoms with van der Waals surface area (Å²) < 4.78 is 10.7. The highest BCUT2D eigenvalue weighted by molar-refractivity contribution is 7.99. The molecule has 0 unspecified atom stereocenters. The van der Waals surface area contributed by atoms with Gasteiger partial charge in [-0.1, -0.05) is 30.0 Å². The van der Waals surface area contributed by atoms with E-state index in [1.807, 2.05) is 30.3 Å². The molecule has 0 bridgehead atoms. The standard InChI is InChI=1S/C23H25N5O4S/c1-31-19-9-7-17(8-10-19)22-25-26-23(32-22)33-16-20(29)24-15-21(30)28-13-11-27(12-14-28)18-5-3-2-4-6-18/h2-10H,11-16H2,1H3,(H,24,29). The van der Waals surface area contributed by atoms with E-state index in [9.17, 15) is 9.59 Å². The van der Waals surface area contributed by atoms with E-state index in [0.717, 1.165) is 41.9 Å². The number of carbonyl (C=O) groups is 2. The molecule has 1 N–H and O–H groups in total. The minimum Gasteiger partial charge on any atom is -0.497 e. The van der Waals surface area contributed by atoms with Crippen molar-refractivity contribution in [1.29, 1.82) is 0 Å². The Bertz CT molecular complexity index is 1070. The number of amides is 2. The number of thioether (sulfide) groups is 1. The van der Waals surface area contributed by atoms with Gasteiger partial charge in [-0.05, 0) is 36.4 Å². The average molecular weight is 468 g/mol. The number of benzene rings is 2. The van der Waals surface area contributed by atoms with Gasteiger partial charge in [-0.15, -0.1) is 10.2 Å². The molecule has 1 aromatic heterocycles. The molecule has 3 aromatic rings. The maximum atomic E-state index is 12.5. The van der Waals surface area contributed by atoms with E-state index in [-0.39, 0.29) is 24.1 Å². The lowest BCUT2D eigenvalue weighted by Crippen LogP contribution is -2.51. The van der Waals surface area contributed by atoms with Crippen LogP contribution in [0.25, 0.3) is 11.5 Å². The molecule has 9 nitrogen and oxygen atoms in total. The van der Waals surface area contributed by atoms with Gasteiger partial charge < -0.3 is 24.3 Å². The van der Waals surface area contributed by atoms with E-state index in [1.165, 1.54) is 0 Å². The third kappa shape index (κ3) is 6.04. The zero-order valence-electron chi connectivity index (χ0n) is 18.3. The lowest BCUT2D eigenvalue weighted by atomic mass is 10.2. The molecule has 2 aromatic carbocycles. The average Bonchev–Trinajstić information content (AvgIpc) is 3.36. The highest BCUT2D eigenvalue weighted by atomic mass is 32.2. The molecule has 2 amide bonds. The number of ether oxygens (including phenoxy) is 1. The number of nitrogens with zero attached hydrogens (tertiary/aromatic N) is 4. The predicted molar refractivity (Wildman–Crippen MR) is 125 cm³/mol. The van der Waals surface area contributed by atoms with Gasteiger partial charge in [-0.2, -0.15) is 0 Å². The molecule has 10 heteroatoms. The Kier molecular flexibility index (Phi) is 7.46. The number of para-hydroxylation sites is 1. The summed E-state index contributed by atoms with van der Waals surface area (Å²) in [5.74, 6) is 0.836. The Morgan fingerprint density at radius 2 is 1.76 bits per heavy atom. The first-order valence-corrected chi connectivity index (χ1v) is 11.6. The predicted octanol–water partition coefficient (Wildman–Crippen LogP) is 2.30.